The number of primary amides is 1. The van der Waals surface area contributed by atoms with E-state index in [1.165, 1.54) is 24.3 Å². The Labute approximate surface area is 181 Å². The van der Waals surface area contributed by atoms with Gasteiger partial charge in [-0.2, -0.15) is 13.2 Å². The molecule has 2 aromatic rings. The van der Waals surface area contributed by atoms with Crippen molar-refractivity contribution in [1.29, 1.82) is 0 Å². The second-order valence-electron chi connectivity index (χ2n) is 6.80. The van der Waals surface area contributed by atoms with Crippen LogP contribution in [0.5, 0.6) is 0 Å². The molecule has 0 aliphatic rings. The molecular formula is C20H20F3N4O3S+. The molecule has 7 nitrogen and oxygen atoms in total. The Morgan fingerprint density at radius 2 is 2.03 bits per heavy atom. The molecule has 164 valence electrons. The molecule has 11 heteroatoms. The van der Waals surface area contributed by atoms with Crippen LogP contribution in [0, 0.1) is 22.5 Å². The van der Waals surface area contributed by atoms with Crippen molar-refractivity contribution in [2.75, 3.05) is 13.6 Å². The van der Waals surface area contributed by atoms with Gasteiger partial charge in [0.2, 0.25) is 0 Å². The lowest BCUT2D eigenvalue weighted by Crippen LogP contribution is -2.54. The standard InChI is InChI=1S/C20H19F3N4O3S/c1-3-4-5-6-11-27(2,19(24)28)14-7-8-17(16(12-14)26(29)30)31-15-9-10-25-18(13-15)20(21,22)23/h1,7-10,12-13H,4-6,11H2,2H3,(H-,24,28)/p+1. The molecule has 1 unspecified atom stereocenters. The van der Waals surface area contributed by atoms with E-state index in [2.05, 4.69) is 10.9 Å². The molecule has 0 bridgehead atoms. The van der Waals surface area contributed by atoms with Crippen molar-refractivity contribution < 1.29 is 22.9 Å². The Balaban J connectivity index is 2.40. The zero-order valence-corrected chi connectivity index (χ0v) is 17.4. The summed E-state index contributed by atoms with van der Waals surface area (Å²) in [6.45, 7) is 0.292. The first-order chi connectivity index (χ1) is 14.5. The summed E-state index contributed by atoms with van der Waals surface area (Å²) in [4.78, 5) is 26.7. The fraction of sp³-hybridized carbons (Fsp3) is 0.300. The molecule has 0 spiro atoms. The highest BCUT2D eigenvalue weighted by atomic mass is 32.2. The maximum absolute atomic E-state index is 12.9. The van der Waals surface area contributed by atoms with Gasteiger partial charge in [-0.25, -0.2) is 9.28 Å². The summed E-state index contributed by atoms with van der Waals surface area (Å²) in [6, 6.07) is 5.57. The first kappa shape index (κ1) is 24.2. The number of urea groups is 1. The molecule has 1 aromatic carbocycles. The molecule has 1 aromatic heterocycles. The molecule has 0 aliphatic heterocycles. The third kappa shape index (κ3) is 5.96. The average Bonchev–Trinajstić information content (AvgIpc) is 2.70. The SMILES string of the molecule is C#CCCCC[N+](C)(C(N)=O)c1ccc(Sc2ccnc(C(F)(F)F)c2)c([N+](=O)[O-])c1. The number of alkyl halides is 3. The summed E-state index contributed by atoms with van der Waals surface area (Å²) in [6.07, 6.45) is 3.35. The first-order valence-electron chi connectivity index (χ1n) is 9.08. The minimum atomic E-state index is -4.63. The predicted octanol–water partition coefficient (Wildman–Crippen LogP) is 4.98. The van der Waals surface area contributed by atoms with Crippen molar-refractivity contribution in [3.63, 3.8) is 0 Å². The van der Waals surface area contributed by atoms with Crippen molar-refractivity contribution in [2.45, 2.75) is 35.2 Å². The summed E-state index contributed by atoms with van der Waals surface area (Å²) >= 11 is 0.798. The highest BCUT2D eigenvalue weighted by molar-refractivity contribution is 7.99. The monoisotopic (exact) mass is 453 g/mol. The van der Waals surface area contributed by atoms with Gasteiger partial charge in [0.1, 0.15) is 11.4 Å². The Kier molecular flexibility index (Phi) is 7.65. The maximum Gasteiger partial charge on any atom is 0.433 e. The van der Waals surface area contributed by atoms with Gasteiger partial charge in [-0.15, -0.1) is 12.3 Å². The molecule has 0 radical (unpaired) electrons. The zero-order valence-electron chi connectivity index (χ0n) is 16.6. The molecule has 0 saturated carbocycles. The number of rotatable bonds is 8. The van der Waals surface area contributed by atoms with Gasteiger partial charge in [-0.05, 0) is 31.0 Å². The number of unbranched alkanes of at least 4 members (excludes halogenated alkanes) is 2. The summed E-state index contributed by atoms with van der Waals surface area (Å²) in [5, 5.41) is 11.6. The minimum Gasteiger partial charge on any atom is -0.319 e. The van der Waals surface area contributed by atoms with Crippen molar-refractivity contribution in [3.8, 4) is 12.3 Å². The molecule has 2 N–H and O–H groups in total. The van der Waals surface area contributed by atoms with E-state index in [9.17, 15) is 28.1 Å². The average molecular weight is 453 g/mol. The van der Waals surface area contributed by atoms with Gasteiger partial charge in [0, 0.05) is 23.6 Å². The normalized spacial score (nSPS) is 13.3. The fourth-order valence-corrected chi connectivity index (χ4v) is 3.75. The summed E-state index contributed by atoms with van der Waals surface area (Å²) in [5.74, 6) is 2.50. The van der Waals surface area contributed by atoms with Crippen LogP contribution in [0.4, 0.5) is 29.3 Å². The number of halogens is 3. The molecule has 1 heterocycles. The maximum atomic E-state index is 12.9. The van der Waals surface area contributed by atoms with Crippen LogP contribution in [0.3, 0.4) is 0 Å². The van der Waals surface area contributed by atoms with Gasteiger partial charge >= 0.3 is 12.2 Å². The number of pyridine rings is 1. The number of quaternary nitrogens is 1. The number of nitrogens with zero attached hydrogens (tertiary/aromatic N) is 3. The molecule has 0 aliphatic carbocycles. The van der Waals surface area contributed by atoms with Crippen LogP contribution in [-0.2, 0) is 6.18 Å². The second kappa shape index (κ2) is 9.80. The van der Waals surface area contributed by atoms with Crippen LogP contribution in [-0.4, -0.2) is 29.5 Å². The van der Waals surface area contributed by atoms with Crippen molar-refractivity contribution >= 4 is 29.2 Å². The Morgan fingerprint density at radius 3 is 2.61 bits per heavy atom. The molecular weight excluding hydrogens is 433 g/mol. The van der Waals surface area contributed by atoms with Crippen molar-refractivity contribution in [1.82, 2.24) is 9.47 Å². The van der Waals surface area contributed by atoms with Gasteiger partial charge in [0.05, 0.1) is 29.5 Å². The highest BCUT2D eigenvalue weighted by Crippen LogP contribution is 2.39. The fourth-order valence-electron chi connectivity index (χ4n) is 2.82. The van der Waals surface area contributed by atoms with Crippen molar-refractivity contribution in [3.05, 3.63) is 52.3 Å². The van der Waals surface area contributed by atoms with E-state index >= 15 is 0 Å². The van der Waals surface area contributed by atoms with E-state index < -0.39 is 22.8 Å². The van der Waals surface area contributed by atoms with Gasteiger partial charge in [0.25, 0.3) is 5.69 Å². The zero-order chi connectivity index (χ0) is 23.2. The minimum absolute atomic E-state index is 0.122. The Hall–Kier alpha value is -3.10. The van der Waals surface area contributed by atoms with E-state index in [4.69, 9.17) is 12.2 Å². The topological polar surface area (TPSA) is 99.1 Å². The van der Waals surface area contributed by atoms with Gasteiger partial charge in [-0.1, -0.05) is 11.8 Å². The van der Waals surface area contributed by atoms with Gasteiger partial charge in [0.15, 0.2) is 0 Å². The van der Waals surface area contributed by atoms with Crippen LogP contribution in [0.1, 0.15) is 25.0 Å². The third-order valence-corrected chi connectivity index (χ3v) is 5.68. The third-order valence-electron chi connectivity index (χ3n) is 4.62. The summed E-state index contributed by atoms with van der Waals surface area (Å²) < 4.78 is 38.3. The number of amides is 2. The number of nitrogens with two attached hydrogens (primary N) is 1. The van der Waals surface area contributed by atoms with Crippen LogP contribution in [0.25, 0.3) is 0 Å². The van der Waals surface area contributed by atoms with Crippen LogP contribution in [0.15, 0.2) is 46.3 Å². The van der Waals surface area contributed by atoms with E-state index in [0.29, 0.717) is 31.5 Å². The quantitative estimate of drug-likeness (QED) is 0.200. The van der Waals surface area contributed by atoms with Crippen molar-refractivity contribution in [2.24, 2.45) is 5.73 Å². The van der Waals surface area contributed by atoms with Gasteiger partial charge in [-0.3, -0.25) is 15.1 Å². The molecule has 0 fully saturated rings. The Bertz CT molecular complexity index is 1020. The Morgan fingerprint density at radius 1 is 1.32 bits per heavy atom. The molecule has 0 saturated heterocycles. The number of aromatic nitrogens is 1. The number of nitro benzene ring substituents is 1. The lowest BCUT2D eigenvalue weighted by molar-refractivity contribution is -0.387. The number of carbonyl (C=O) groups is 1. The number of hydrogen-bond acceptors (Lipinski definition) is 5. The van der Waals surface area contributed by atoms with Crippen LogP contribution < -0.4 is 10.2 Å². The second-order valence-corrected chi connectivity index (χ2v) is 7.92. The molecule has 31 heavy (non-hydrogen) atoms. The number of benzene rings is 1. The lowest BCUT2D eigenvalue weighted by atomic mass is 10.2. The van der Waals surface area contributed by atoms with E-state index in [-0.39, 0.29) is 20.0 Å². The van der Waals surface area contributed by atoms with E-state index in [1.807, 2.05) is 0 Å². The molecule has 2 rings (SSSR count). The highest BCUT2D eigenvalue weighted by Gasteiger charge is 2.35. The molecule has 1 atom stereocenters. The summed E-state index contributed by atoms with van der Waals surface area (Å²) in [7, 11) is 1.54. The predicted molar refractivity (Wildman–Crippen MR) is 111 cm³/mol. The molecule has 2 amide bonds. The number of terminal acetylenes is 1. The van der Waals surface area contributed by atoms with E-state index in [0.717, 1.165) is 24.0 Å². The van der Waals surface area contributed by atoms with Gasteiger partial charge < -0.3 is 5.73 Å². The first-order valence-corrected chi connectivity index (χ1v) is 9.90. The number of hydrogen-bond donors (Lipinski definition) is 1. The smallest absolute Gasteiger partial charge is 0.319 e. The number of carbonyl (C=O) groups excluding carboxylic acids is 1. The largest absolute Gasteiger partial charge is 0.433 e. The lowest BCUT2D eigenvalue weighted by Gasteiger charge is -2.29. The van der Waals surface area contributed by atoms with Crippen LogP contribution in [0.2, 0.25) is 0 Å². The van der Waals surface area contributed by atoms with E-state index in [1.54, 1.807) is 7.05 Å². The van der Waals surface area contributed by atoms with Crippen LogP contribution >= 0.6 is 11.8 Å². The number of nitro groups is 1. The summed E-state index contributed by atoms with van der Waals surface area (Å²) in [5.41, 5.74) is 4.43.